The number of benzene rings is 1. The van der Waals surface area contributed by atoms with E-state index in [2.05, 4.69) is 20.9 Å². The molecule has 1 aromatic carbocycles. The Balaban J connectivity index is 1.94. The average molecular weight is 378 g/mol. The summed E-state index contributed by atoms with van der Waals surface area (Å²) in [5.41, 5.74) is 1.00. The molecule has 2 heterocycles. The minimum Gasteiger partial charge on any atom is -0.399 e. The molecule has 120 valence electrons. The quantitative estimate of drug-likeness (QED) is 0.742. The summed E-state index contributed by atoms with van der Waals surface area (Å²) in [6, 6.07) is 8.44. The van der Waals surface area contributed by atoms with E-state index in [9.17, 15) is 4.39 Å². The van der Waals surface area contributed by atoms with Crippen LogP contribution < -0.4 is 5.46 Å². The molecule has 0 unspecified atom stereocenters. The second-order valence-electron chi connectivity index (χ2n) is 6.67. The van der Waals surface area contributed by atoms with Gasteiger partial charge in [0.2, 0.25) is 0 Å². The Morgan fingerprint density at radius 3 is 2.26 bits per heavy atom. The fourth-order valence-corrected chi connectivity index (χ4v) is 2.99. The molecule has 23 heavy (non-hydrogen) atoms. The van der Waals surface area contributed by atoms with E-state index in [0.29, 0.717) is 15.7 Å². The predicted octanol–water partition coefficient (Wildman–Crippen LogP) is 3.95. The van der Waals surface area contributed by atoms with E-state index in [4.69, 9.17) is 9.31 Å². The van der Waals surface area contributed by atoms with E-state index in [1.54, 1.807) is 24.4 Å². The first-order valence-electron chi connectivity index (χ1n) is 7.47. The second-order valence-corrected chi connectivity index (χ2v) is 7.52. The Labute approximate surface area is 144 Å². The summed E-state index contributed by atoms with van der Waals surface area (Å²) in [4.78, 5) is 4.40. The standard InChI is InChI=1S/C17H18BBrFNO2/c1-16(2)17(3,4)23-18(22-16)11-9-13(19)15(21-10-11)12-7-5-6-8-14(12)20/h5-10H,1-4H3. The molecular weight excluding hydrogens is 360 g/mol. The lowest BCUT2D eigenvalue weighted by Gasteiger charge is -2.32. The SMILES string of the molecule is CC1(C)OB(c2cnc(-c3ccccc3F)c(Br)c2)OC1(C)C. The van der Waals surface area contributed by atoms with Gasteiger partial charge in [-0.05, 0) is 61.8 Å². The maximum atomic E-state index is 13.9. The van der Waals surface area contributed by atoms with Gasteiger partial charge in [0.05, 0.1) is 16.9 Å². The molecule has 0 radical (unpaired) electrons. The topological polar surface area (TPSA) is 31.4 Å². The van der Waals surface area contributed by atoms with Crippen molar-refractivity contribution in [3.05, 3.63) is 46.8 Å². The van der Waals surface area contributed by atoms with E-state index in [1.165, 1.54) is 6.07 Å². The van der Waals surface area contributed by atoms with E-state index >= 15 is 0 Å². The fraction of sp³-hybridized carbons (Fsp3) is 0.353. The van der Waals surface area contributed by atoms with Crippen LogP contribution in [0.15, 0.2) is 41.0 Å². The number of hydrogen-bond acceptors (Lipinski definition) is 3. The number of aromatic nitrogens is 1. The summed E-state index contributed by atoms with van der Waals surface area (Å²) >= 11 is 3.48. The van der Waals surface area contributed by atoms with E-state index < -0.39 is 18.3 Å². The summed E-state index contributed by atoms with van der Waals surface area (Å²) in [5.74, 6) is -0.302. The Morgan fingerprint density at radius 2 is 1.70 bits per heavy atom. The number of halogens is 2. The molecule has 0 bridgehead atoms. The van der Waals surface area contributed by atoms with Crippen molar-refractivity contribution in [2.45, 2.75) is 38.9 Å². The first-order valence-corrected chi connectivity index (χ1v) is 8.26. The lowest BCUT2D eigenvalue weighted by molar-refractivity contribution is 0.00578. The van der Waals surface area contributed by atoms with Gasteiger partial charge >= 0.3 is 7.12 Å². The van der Waals surface area contributed by atoms with Crippen molar-refractivity contribution < 1.29 is 13.7 Å². The van der Waals surface area contributed by atoms with Crippen molar-refractivity contribution in [1.29, 1.82) is 0 Å². The summed E-state index contributed by atoms with van der Waals surface area (Å²) < 4.78 is 26.7. The molecule has 1 aliphatic rings. The molecule has 0 amide bonds. The molecule has 3 rings (SSSR count). The molecule has 1 saturated heterocycles. The van der Waals surface area contributed by atoms with Crippen LogP contribution >= 0.6 is 15.9 Å². The van der Waals surface area contributed by atoms with Crippen molar-refractivity contribution in [1.82, 2.24) is 4.98 Å². The molecule has 0 atom stereocenters. The highest BCUT2D eigenvalue weighted by Gasteiger charge is 2.51. The molecule has 2 aromatic rings. The van der Waals surface area contributed by atoms with Crippen LogP contribution in [0.2, 0.25) is 0 Å². The van der Waals surface area contributed by atoms with Gasteiger partial charge in [0.15, 0.2) is 0 Å². The Morgan fingerprint density at radius 1 is 1.09 bits per heavy atom. The highest BCUT2D eigenvalue weighted by atomic mass is 79.9. The number of rotatable bonds is 2. The van der Waals surface area contributed by atoms with Gasteiger partial charge in [-0.1, -0.05) is 12.1 Å². The number of nitrogens with zero attached hydrogens (tertiary/aromatic N) is 1. The Bertz CT molecular complexity index is 735. The monoisotopic (exact) mass is 377 g/mol. The first-order chi connectivity index (χ1) is 10.7. The van der Waals surface area contributed by atoms with Crippen LogP contribution in [0, 0.1) is 5.82 Å². The smallest absolute Gasteiger partial charge is 0.399 e. The predicted molar refractivity (Wildman–Crippen MR) is 93.0 cm³/mol. The van der Waals surface area contributed by atoms with Gasteiger partial charge in [0, 0.05) is 21.7 Å². The Kier molecular flexibility index (Phi) is 4.11. The van der Waals surface area contributed by atoms with Crippen molar-refractivity contribution >= 4 is 28.5 Å². The zero-order chi connectivity index (χ0) is 16.8. The lowest BCUT2D eigenvalue weighted by Crippen LogP contribution is -2.41. The average Bonchev–Trinajstić information content (AvgIpc) is 2.68. The van der Waals surface area contributed by atoms with Crippen molar-refractivity contribution in [2.24, 2.45) is 0 Å². The van der Waals surface area contributed by atoms with Gasteiger partial charge in [0.25, 0.3) is 0 Å². The van der Waals surface area contributed by atoms with E-state index in [0.717, 1.165) is 5.46 Å². The molecular formula is C17H18BBrFNO2. The summed E-state index contributed by atoms with van der Waals surface area (Å²) in [6.45, 7) is 8.01. The normalized spacial score (nSPS) is 19.1. The third-order valence-electron chi connectivity index (χ3n) is 4.52. The highest BCUT2D eigenvalue weighted by Crippen LogP contribution is 2.37. The van der Waals surface area contributed by atoms with Crippen LogP contribution in [-0.4, -0.2) is 23.3 Å². The number of pyridine rings is 1. The van der Waals surface area contributed by atoms with Gasteiger partial charge in [-0.25, -0.2) is 4.39 Å². The van der Waals surface area contributed by atoms with Crippen LogP contribution in [0.4, 0.5) is 4.39 Å². The summed E-state index contributed by atoms with van der Waals surface area (Å²) in [7, 11) is -0.488. The third-order valence-corrected chi connectivity index (χ3v) is 5.12. The zero-order valence-corrected chi connectivity index (χ0v) is 15.1. The third kappa shape index (κ3) is 2.95. The minimum atomic E-state index is -0.488. The molecule has 1 aromatic heterocycles. The Hall–Kier alpha value is -1.24. The first kappa shape index (κ1) is 16.6. The van der Waals surface area contributed by atoms with Crippen LogP contribution in [0.25, 0.3) is 11.3 Å². The van der Waals surface area contributed by atoms with Crippen LogP contribution in [0.1, 0.15) is 27.7 Å². The van der Waals surface area contributed by atoms with E-state index in [1.807, 2.05) is 33.8 Å². The molecule has 0 saturated carbocycles. The van der Waals surface area contributed by atoms with Gasteiger partial charge in [-0.3, -0.25) is 4.98 Å². The molecule has 3 nitrogen and oxygen atoms in total. The summed E-state index contributed by atoms with van der Waals surface area (Å²) in [5, 5.41) is 0. The van der Waals surface area contributed by atoms with Gasteiger partial charge < -0.3 is 9.31 Å². The highest BCUT2D eigenvalue weighted by molar-refractivity contribution is 9.10. The lowest BCUT2D eigenvalue weighted by atomic mass is 9.80. The van der Waals surface area contributed by atoms with Crippen LogP contribution in [0.3, 0.4) is 0 Å². The molecule has 0 spiro atoms. The second kappa shape index (κ2) is 5.69. The van der Waals surface area contributed by atoms with Crippen molar-refractivity contribution in [2.75, 3.05) is 0 Å². The van der Waals surface area contributed by atoms with Crippen molar-refractivity contribution in [3.8, 4) is 11.3 Å². The molecule has 0 aliphatic carbocycles. The molecule has 6 heteroatoms. The van der Waals surface area contributed by atoms with Gasteiger partial charge in [-0.15, -0.1) is 0 Å². The molecule has 1 aliphatic heterocycles. The minimum absolute atomic E-state index is 0.302. The molecule has 1 fully saturated rings. The fourth-order valence-electron chi connectivity index (χ4n) is 2.41. The van der Waals surface area contributed by atoms with E-state index in [-0.39, 0.29) is 5.82 Å². The van der Waals surface area contributed by atoms with Gasteiger partial charge in [0.1, 0.15) is 5.82 Å². The van der Waals surface area contributed by atoms with Crippen LogP contribution in [0.5, 0.6) is 0 Å². The molecule has 0 N–H and O–H groups in total. The van der Waals surface area contributed by atoms with Gasteiger partial charge in [-0.2, -0.15) is 0 Å². The largest absolute Gasteiger partial charge is 0.496 e. The zero-order valence-electron chi connectivity index (χ0n) is 13.6. The maximum Gasteiger partial charge on any atom is 0.496 e. The maximum absolute atomic E-state index is 13.9. The van der Waals surface area contributed by atoms with Crippen molar-refractivity contribution in [3.63, 3.8) is 0 Å². The summed E-state index contributed by atoms with van der Waals surface area (Å²) in [6.07, 6.45) is 1.68. The number of hydrogen-bond donors (Lipinski definition) is 0. The van der Waals surface area contributed by atoms with Crippen LogP contribution in [-0.2, 0) is 9.31 Å².